The van der Waals surface area contributed by atoms with Crippen molar-refractivity contribution in [1.82, 2.24) is 0 Å². The molecule has 1 saturated heterocycles. The summed E-state index contributed by atoms with van der Waals surface area (Å²) in [6.45, 7) is 2.28. The van der Waals surface area contributed by atoms with Gasteiger partial charge in [0, 0.05) is 22.3 Å². The molecular formula is C7H12OS. The Morgan fingerprint density at radius 2 is 2.00 bits per heavy atom. The Morgan fingerprint density at radius 3 is 2.33 bits per heavy atom. The van der Waals surface area contributed by atoms with Crippen molar-refractivity contribution >= 4 is 10.8 Å². The summed E-state index contributed by atoms with van der Waals surface area (Å²) in [5.74, 6) is 2.94. The van der Waals surface area contributed by atoms with Crippen LogP contribution in [0.3, 0.4) is 0 Å². The Morgan fingerprint density at radius 1 is 1.44 bits per heavy atom. The zero-order chi connectivity index (χ0) is 6.48. The summed E-state index contributed by atoms with van der Waals surface area (Å²) in [5.41, 5.74) is 0.588. The molecule has 2 aliphatic rings. The van der Waals surface area contributed by atoms with Crippen LogP contribution in [0, 0.1) is 11.3 Å². The molecule has 0 radical (unpaired) electrons. The van der Waals surface area contributed by atoms with Gasteiger partial charge in [0.25, 0.3) is 0 Å². The van der Waals surface area contributed by atoms with Crippen LogP contribution in [0.2, 0.25) is 0 Å². The van der Waals surface area contributed by atoms with E-state index in [1.54, 1.807) is 0 Å². The molecule has 1 nitrogen and oxygen atoms in total. The molecule has 0 N–H and O–H groups in total. The number of rotatable bonds is 0. The molecule has 1 heterocycles. The van der Waals surface area contributed by atoms with Crippen molar-refractivity contribution in [2.45, 2.75) is 19.8 Å². The van der Waals surface area contributed by atoms with Gasteiger partial charge < -0.3 is 0 Å². The van der Waals surface area contributed by atoms with E-state index in [-0.39, 0.29) is 0 Å². The van der Waals surface area contributed by atoms with Crippen molar-refractivity contribution in [3.05, 3.63) is 0 Å². The molecule has 0 atom stereocenters. The zero-order valence-electron chi connectivity index (χ0n) is 5.72. The maximum atomic E-state index is 10.7. The maximum Gasteiger partial charge on any atom is 0.0300 e. The van der Waals surface area contributed by atoms with E-state index in [2.05, 4.69) is 6.92 Å². The molecule has 2 rings (SSSR count). The summed E-state index contributed by atoms with van der Waals surface area (Å²) in [6, 6.07) is 0. The lowest BCUT2D eigenvalue weighted by Crippen LogP contribution is -2.52. The second-order valence-electron chi connectivity index (χ2n) is 3.74. The van der Waals surface area contributed by atoms with E-state index >= 15 is 0 Å². The van der Waals surface area contributed by atoms with Gasteiger partial charge in [0.15, 0.2) is 0 Å². The molecule has 0 unspecified atom stereocenters. The first-order chi connectivity index (χ1) is 4.20. The predicted molar refractivity (Wildman–Crippen MR) is 38.7 cm³/mol. The fraction of sp³-hybridized carbons (Fsp3) is 1.00. The quantitative estimate of drug-likeness (QED) is 0.498. The van der Waals surface area contributed by atoms with Crippen molar-refractivity contribution < 1.29 is 4.21 Å². The van der Waals surface area contributed by atoms with Crippen LogP contribution in [0.1, 0.15) is 19.8 Å². The highest BCUT2D eigenvalue weighted by Gasteiger charge is 2.50. The second-order valence-corrected chi connectivity index (χ2v) is 5.20. The van der Waals surface area contributed by atoms with Gasteiger partial charge in [0.05, 0.1) is 0 Å². The van der Waals surface area contributed by atoms with Crippen molar-refractivity contribution in [3.8, 4) is 0 Å². The van der Waals surface area contributed by atoms with Crippen LogP contribution in [0.15, 0.2) is 0 Å². The standard InChI is InChI=1S/C7H12OS/c1-6-2-7(3-6)4-9(8)5-7/h6H,2-5H2,1H3. The molecule has 52 valence electrons. The third kappa shape index (κ3) is 0.759. The smallest absolute Gasteiger partial charge is 0.0300 e. The minimum Gasteiger partial charge on any atom is -0.260 e. The fourth-order valence-electron chi connectivity index (χ4n) is 2.30. The van der Waals surface area contributed by atoms with Crippen molar-refractivity contribution in [3.63, 3.8) is 0 Å². The minimum absolute atomic E-state index is 0.425. The summed E-state index contributed by atoms with van der Waals surface area (Å²) in [5, 5.41) is 0. The third-order valence-electron chi connectivity index (χ3n) is 2.50. The first-order valence-corrected chi connectivity index (χ1v) is 5.04. The van der Waals surface area contributed by atoms with E-state index < -0.39 is 10.8 Å². The molecule has 0 bridgehead atoms. The van der Waals surface area contributed by atoms with Crippen LogP contribution in [-0.4, -0.2) is 15.7 Å². The van der Waals surface area contributed by atoms with E-state index in [0.717, 1.165) is 17.4 Å². The van der Waals surface area contributed by atoms with Gasteiger partial charge in [-0.3, -0.25) is 4.21 Å². The Balaban J connectivity index is 1.94. The number of hydrogen-bond acceptors (Lipinski definition) is 1. The first-order valence-electron chi connectivity index (χ1n) is 3.55. The van der Waals surface area contributed by atoms with Gasteiger partial charge in [-0.1, -0.05) is 6.92 Å². The summed E-state index contributed by atoms with van der Waals surface area (Å²) in [7, 11) is -0.425. The highest BCUT2D eigenvalue weighted by Crippen LogP contribution is 2.51. The van der Waals surface area contributed by atoms with Gasteiger partial charge in [0.1, 0.15) is 0 Å². The highest BCUT2D eigenvalue weighted by atomic mass is 32.2. The lowest BCUT2D eigenvalue weighted by molar-refractivity contribution is 0.105. The minimum atomic E-state index is -0.425. The van der Waals surface area contributed by atoms with Crippen molar-refractivity contribution in [2.75, 3.05) is 11.5 Å². The van der Waals surface area contributed by atoms with Crippen molar-refractivity contribution in [2.24, 2.45) is 11.3 Å². The fourth-order valence-corrected chi connectivity index (χ4v) is 4.05. The van der Waals surface area contributed by atoms with Crippen LogP contribution in [0.4, 0.5) is 0 Å². The lowest BCUT2D eigenvalue weighted by atomic mass is 9.64. The van der Waals surface area contributed by atoms with E-state index in [0.29, 0.717) is 5.41 Å². The van der Waals surface area contributed by atoms with Crippen molar-refractivity contribution in [1.29, 1.82) is 0 Å². The van der Waals surface area contributed by atoms with Crippen LogP contribution in [0.5, 0.6) is 0 Å². The molecule has 9 heavy (non-hydrogen) atoms. The van der Waals surface area contributed by atoms with Crippen LogP contribution in [0.25, 0.3) is 0 Å². The van der Waals surface area contributed by atoms with Gasteiger partial charge in [-0.2, -0.15) is 0 Å². The van der Waals surface area contributed by atoms with Gasteiger partial charge in [-0.15, -0.1) is 0 Å². The summed E-state index contributed by atoms with van der Waals surface area (Å²) in [4.78, 5) is 0. The molecule has 2 heteroatoms. The average Bonchev–Trinajstić information content (AvgIpc) is 1.58. The highest BCUT2D eigenvalue weighted by molar-refractivity contribution is 7.86. The Bertz CT molecular complexity index is 148. The third-order valence-corrected chi connectivity index (χ3v) is 4.37. The molecule has 0 aromatic heterocycles. The van der Waals surface area contributed by atoms with Gasteiger partial charge >= 0.3 is 0 Å². The first kappa shape index (κ1) is 5.90. The molecular weight excluding hydrogens is 132 g/mol. The molecule has 2 fully saturated rings. The molecule has 1 saturated carbocycles. The second kappa shape index (κ2) is 1.60. The maximum absolute atomic E-state index is 10.7. The molecule has 0 amide bonds. The molecule has 1 spiro atoms. The topological polar surface area (TPSA) is 17.1 Å². The summed E-state index contributed by atoms with van der Waals surface area (Å²) in [6.07, 6.45) is 2.69. The summed E-state index contributed by atoms with van der Waals surface area (Å²) >= 11 is 0. The summed E-state index contributed by atoms with van der Waals surface area (Å²) < 4.78 is 10.7. The zero-order valence-corrected chi connectivity index (χ0v) is 6.54. The van der Waals surface area contributed by atoms with Gasteiger partial charge in [-0.25, -0.2) is 0 Å². The molecule has 1 aliphatic heterocycles. The van der Waals surface area contributed by atoms with E-state index in [1.807, 2.05) is 0 Å². The van der Waals surface area contributed by atoms with E-state index in [9.17, 15) is 4.21 Å². The molecule has 0 aromatic carbocycles. The Labute approximate surface area is 58.3 Å². The monoisotopic (exact) mass is 144 g/mol. The largest absolute Gasteiger partial charge is 0.260 e. The lowest BCUT2D eigenvalue weighted by Gasteiger charge is -2.52. The SMILES string of the molecule is CC1CC2(C1)CS(=O)C2. The van der Waals surface area contributed by atoms with Crippen LogP contribution in [-0.2, 0) is 10.8 Å². The predicted octanol–water partition coefficient (Wildman–Crippen LogP) is 1.17. The van der Waals surface area contributed by atoms with Crippen LogP contribution < -0.4 is 0 Å². The normalized spacial score (nSPS) is 56.6. The van der Waals surface area contributed by atoms with E-state index in [4.69, 9.17) is 0 Å². The van der Waals surface area contributed by atoms with Gasteiger partial charge in [0.2, 0.25) is 0 Å². The Hall–Kier alpha value is 0.150. The average molecular weight is 144 g/mol. The van der Waals surface area contributed by atoms with Gasteiger partial charge in [-0.05, 0) is 24.2 Å². The Kier molecular flexibility index (Phi) is 1.05. The number of hydrogen-bond donors (Lipinski definition) is 0. The van der Waals surface area contributed by atoms with Crippen LogP contribution >= 0.6 is 0 Å². The molecule has 1 aliphatic carbocycles. The van der Waals surface area contributed by atoms with E-state index in [1.165, 1.54) is 12.8 Å². The molecule has 0 aromatic rings.